The van der Waals surface area contributed by atoms with Crippen LogP contribution < -0.4 is 10.1 Å². The predicted octanol–water partition coefficient (Wildman–Crippen LogP) is 3.77. The molecule has 3 nitrogen and oxygen atoms in total. The summed E-state index contributed by atoms with van der Waals surface area (Å²) in [6.07, 6.45) is 4.87. The molecule has 1 aliphatic carbocycles. The van der Waals surface area contributed by atoms with Gasteiger partial charge in [0, 0.05) is 4.88 Å². The molecule has 94 valence electrons. The van der Waals surface area contributed by atoms with Crippen molar-refractivity contribution in [2.75, 3.05) is 12.4 Å². The first-order valence-corrected chi connectivity index (χ1v) is 7.07. The summed E-state index contributed by atoms with van der Waals surface area (Å²) in [5.74, 6) is 0.852. The number of thiazole rings is 1. The quantitative estimate of drug-likeness (QED) is 0.912. The monoisotopic (exact) mass is 260 g/mol. The first-order valence-electron chi connectivity index (χ1n) is 6.25. The molecule has 1 aromatic heterocycles. The van der Waals surface area contributed by atoms with Crippen LogP contribution in [0.15, 0.2) is 24.3 Å². The number of ether oxygens (including phenoxy) is 1. The lowest BCUT2D eigenvalue weighted by atomic mass is 10.0. The molecule has 0 amide bonds. The third-order valence-electron chi connectivity index (χ3n) is 3.19. The summed E-state index contributed by atoms with van der Waals surface area (Å²) >= 11 is 1.77. The zero-order chi connectivity index (χ0) is 12.4. The minimum Gasteiger partial charge on any atom is -0.495 e. The Balaban J connectivity index is 1.85. The Kier molecular flexibility index (Phi) is 3.19. The van der Waals surface area contributed by atoms with Gasteiger partial charge < -0.3 is 10.1 Å². The molecule has 3 rings (SSSR count). The maximum absolute atomic E-state index is 5.33. The van der Waals surface area contributed by atoms with E-state index in [1.54, 1.807) is 18.4 Å². The lowest BCUT2D eigenvalue weighted by molar-refractivity contribution is 0.417. The minimum atomic E-state index is 0.852. The van der Waals surface area contributed by atoms with Crippen LogP contribution in [-0.2, 0) is 12.8 Å². The van der Waals surface area contributed by atoms with Crippen molar-refractivity contribution >= 4 is 22.2 Å². The van der Waals surface area contributed by atoms with E-state index < -0.39 is 0 Å². The topological polar surface area (TPSA) is 34.1 Å². The number of benzene rings is 1. The number of rotatable bonds is 3. The van der Waals surface area contributed by atoms with Gasteiger partial charge in [0.2, 0.25) is 0 Å². The second kappa shape index (κ2) is 4.98. The second-order valence-corrected chi connectivity index (χ2v) is 5.50. The summed E-state index contributed by atoms with van der Waals surface area (Å²) in [5, 5.41) is 4.34. The molecule has 0 unspecified atom stereocenters. The third-order valence-corrected chi connectivity index (χ3v) is 4.27. The Morgan fingerprint density at radius 3 is 2.89 bits per heavy atom. The van der Waals surface area contributed by atoms with Gasteiger partial charge in [-0.1, -0.05) is 12.1 Å². The van der Waals surface area contributed by atoms with Crippen molar-refractivity contribution < 1.29 is 4.74 Å². The molecule has 1 aliphatic rings. The Hall–Kier alpha value is -1.55. The van der Waals surface area contributed by atoms with Gasteiger partial charge in [-0.3, -0.25) is 0 Å². The van der Waals surface area contributed by atoms with E-state index in [2.05, 4.69) is 10.3 Å². The standard InChI is InChI=1S/C14H16N2OS/c1-17-12-8-4-2-6-10(12)15-14-16-11-7-3-5-9-13(11)18-14/h2,4,6,8H,3,5,7,9H2,1H3,(H,15,16). The number of aromatic nitrogens is 1. The van der Waals surface area contributed by atoms with Crippen LogP contribution in [0.2, 0.25) is 0 Å². The second-order valence-electron chi connectivity index (χ2n) is 4.42. The van der Waals surface area contributed by atoms with Gasteiger partial charge in [-0.25, -0.2) is 4.98 Å². The van der Waals surface area contributed by atoms with Crippen molar-refractivity contribution in [3.63, 3.8) is 0 Å². The molecule has 0 saturated carbocycles. The molecule has 4 heteroatoms. The first-order chi connectivity index (χ1) is 8.86. The van der Waals surface area contributed by atoms with Crippen molar-refractivity contribution in [3.8, 4) is 5.75 Å². The largest absolute Gasteiger partial charge is 0.495 e. The van der Waals surface area contributed by atoms with Crippen molar-refractivity contribution in [3.05, 3.63) is 34.8 Å². The lowest BCUT2D eigenvalue weighted by Crippen LogP contribution is -1.99. The molecule has 0 bridgehead atoms. The van der Waals surface area contributed by atoms with Crippen LogP contribution in [0.4, 0.5) is 10.8 Å². The Labute approximate surface area is 111 Å². The molecule has 0 saturated heterocycles. The number of hydrogen-bond donors (Lipinski definition) is 1. The van der Waals surface area contributed by atoms with Crippen LogP contribution in [0.3, 0.4) is 0 Å². The Morgan fingerprint density at radius 2 is 2.06 bits per heavy atom. The third kappa shape index (κ3) is 2.20. The van der Waals surface area contributed by atoms with E-state index in [4.69, 9.17) is 4.74 Å². The molecule has 0 atom stereocenters. The van der Waals surface area contributed by atoms with Crippen LogP contribution in [0.1, 0.15) is 23.4 Å². The van der Waals surface area contributed by atoms with Gasteiger partial charge in [0.15, 0.2) is 5.13 Å². The molecule has 2 aromatic rings. The Bertz CT molecular complexity index is 527. The highest BCUT2D eigenvalue weighted by atomic mass is 32.1. The number of aryl methyl sites for hydroxylation is 2. The number of methoxy groups -OCH3 is 1. The Morgan fingerprint density at radius 1 is 1.22 bits per heavy atom. The molecule has 0 aliphatic heterocycles. The van der Waals surface area contributed by atoms with Gasteiger partial charge in [0.1, 0.15) is 5.75 Å². The van der Waals surface area contributed by atoms with E-state index in [0.29, 0.717) is 0 Å². The van der Waals surface area contributed by atoms with Crippen molar-refractivity contribution in [1.82, 2.24) is 4.98 Å². The zero-order valence-electron chi connectivity index (χ0n) is 10.4. The van der Waals surface area contributed by atoms with Gasteiger partial charge in [-0.15, -0.1) is 11.3 Å². The summed E-state index contributed by atoms with van der Waals surface area (Å²) < 4.78 is 5.33. The number of nitrogens with zero attached hydrogens (tertiary/aromatic N) is 1. The van der Waals surface area contributed by atoms with Crippen molar-refractivity contribution in [2.45, 2.75) is 25.7 Å². The molecule has 1 N–H and O–H groups in total. The molecular weight excluding hydrogens is 244 g/mol. The normalized spacial score (nSPS) is 14.1. The van der Waals surface area contributed by atoms with Gasteiger partial charge in [-0.05, 0) is 37.8 Å². The van der Waals surface area contributed by atoms with E-state index >= 15 is 0 Å². The average Bonchev–Trinajstić information content (AvgIpc) is 2.81. The number of nitrogens with one attached hydrogen (secondary N) is 1. The van der Waals surface area contributed by atoms with Gasteiger partial charge in [0.25, 0.3) is 0 Å². The summed E-state index contributed by atoms with van der Waals surface area (Å²) in [7, 11) is 1.69. The fourth-order valence-electron chi connectivity index (χ4n) is 2.27. The van der Waals surface area contributed by atoms with Crippen molar-refractivity contribution in [2.24, 2.45) is 0 Å². The smallest absolute Gasteiger partial charge is 0.187 e. The lowest BCUT2D eigenvalue weighted by Gasteiger charge is -2.07. The minimum absolute atomic E-state index is 0.852. The maximum atomic E-state index is 5.33. The molecule has 1 aromatic carbocycles. The van der Waals surface area contributed by atoms with E-state index in [0.717, 1.165) is 23.0 Å². The molecule has 18 heavy (non-hydrogen) atoms. The van der Waals surface area contributed by atoms with E-state index in [-0.39, 0.29) is 0 Å². The molecule has 1 heterocycles. The summed E-state index contributed by atoms with van der Waals surface area (Å²) in [6.45, 7) is 0. The van der Waals surface area contributed by atoms with E-state index in [9.17, 15) is 0 Å². The van der Waals surface area contributed by atoms with Crippen LogP contribution >= 0.6 is 11.3 Å². The summed E-state index contributed by atoms with van der Waals surface area (Å²) in [5.41, 5.74) is 2.26. The first kappa shape index (κ1) is 11.5. The maximum Gasteiger partial charge on any atom is 0.187 e. The zero-order valence-corrected chi connectivity index (χ0v) is 11.2. The summed E-state index contributed by atoms with van der Waals surface area (Å²) in [4.78, 5) is 6.12. The molecular formula is C14H16N2OS. The van der Waals surface area contributed by atoms with Crippen LogP contribution in [0.25, 0.3) is 0 Å². The fourth-order valence-corrected chi connectivity index (χ4v) is 3.33. The number of fused-ring (bicyclic) bond motifs is 1. The van der Waals surface area contributed by atoms with Crippen molar-refractivity contribution in [1.29, 1.82) is 0 Å². The highest BCUT2D eigenvalue weighted by molar-refractivity contribution is 7.15. The van der Waals surface area contributed by atoms with E-state index in [1.165, 1.54) is 29.8 Å². The van der Waals surface area contributed by atoms with Crippen LogP contribution in [0, 0.1) is 0 Å². The highest BCUT2D eigenvalue weighted by Crippen LogP contribution is 2.33. The highest BCUT2D eigenvalue weighted by Gasteiger charge is 2.15. The van der Waals surface area contributed by atoms with Crippen LogP contribution in [-0.4, -0.2) is 12.1 Å². The number of anilines is 2. The fraction of sp³-hybridized carbons (Fsp3) is 0.357. The summed E-state index contributed by atoms with van der Waals surface area (Å²) in [6, 6.07) is 7.93. The molecule has 0 fully saturated rings. The van der Waals surface area contributed by atoms with Gasteiger partial charge in [-0.2, -0.15) is 0 Å². The van der Waals surface area contributed by atoms with Crippen LogP contribution in [0.5, 0.6) is 5.75 Å². The predicted molar refractivity (Wildman–Crippen MR) is 75.0 cm³/mol. The van der Waals surface area contributed by atoms with Gasteiger partial charge >= 0.3 is 0 Å². The number of para-hydroxylation sites is 2. The number of hydrogen-bond acceptors (Lipinski definition) is 4. The SMILES string of the molecule is COc1ccccc1Nc1nc2c(s1)CCCC2. The molecule has 0 spiro atoms. The van der Waals surface area contributed by atoms with E-state index in [1.807, 2.05) is 24.3 Å². The molecule has 0 radical (unpaired) electrons. The van der Waals surface area contributed by atoms with Gasteiger partial charge in [0.05, 0.1) is 18.5 Å². The average molecular weight is 260 g/mol.